The summed E-state index contributed by atoms with van der Waals surface area (Å²) in [6, 6.07) is 21.2. The van der Waals surface area contributed by atoms with Crippen molar-refractivity contribution in [3.8, 4) is 0 Å². The van der Waals surface area contributed by atoms with Gasteiger partial charge in [0.25, 0.3) is 15.9 Å². The lowest BCUT2D eigenvalue weighted by Crippen LogP contribution is -2.27. The van der Waals surface area contributed by atoms with E-state index in [0.29, 0.717) is 17.8 Å². The molecule has 150 valence electrons. The Hall–Kier alpha value is -3.12. The molecule has 0 spiro atoms. The molecule has 6 heteroatoms. The van der Waals surface area contributed by atoms with E-state index in [1.807, 2.05) is 38.1 Å². The summed E-state index contributed by atoms with van der Waals surface area (Å²) in [4.78, 5) is 12.8. The fourth-order valence-electron chi connectivity index (χ4n) is 2.96. The molecule has 0 saturated carbocycles. The Balaban J connectivity index is 1.77. The molecule has 0 aromatic heterocycles. The molecule has 0 fully saturated rings. The van der Waals surface area contributed by atoms with E-state index in [4.69, 9.17) is 0 Å². The number of hydrogen-bond donors (Lipinski definition) is 1. The first-order chi connectivity index (χ1) is 13.8. The summed E-state index contributed by atoms with van der Waals surface area (Å²) < 4.78 is 27.0. The number of carbonyl (C=O) groups is 1. The molecule has 3 rings (SSSR count). The molecule has 1 amide bonds. The summed E-state index contributed by atoms with van der Waals surface area (Å²) in [5.41, 5.74) is 3.95. The van der Waals surface area contributed by atoms with Crippen molar-refractivity contribution in [2.24, 2.45) is 0 Å². The molecule has 5 nitrogen and oxygen atoms in total. The predicted molar refractivity (Wildman–Crippen MR) is 116 cm³/mol. The number of aryl methyl sites for hydroxylation is 2. The van der Waals surface area contributed by atoms with Crippen molar-refractivity contribution in [2.45, 2.75) is 25.3 Å². The van der Waals surface area contributed by atoms with E-state index in [9.17, 15) is 13.2 Å². The summed E-state index contributed by atoms with van der Waals surface area (Å²) in [7, 11) is -2.22. The van der Waals surface area contributed by atoms with Gasteiger partial charge in [-0.1, -0.05) is 53.6 Å². The van der Waals surface area contributed by atoms with Crippen LogP contribution in [0.1, 0.15) is 27.0 Å². The number of sulfonamides is 1. The highest BCUT2D eigenvalue weighted by atomic mass is 32.2. The standard InChI is InChI=1S/C23H24N2O3S/c1-17-10-12-22(13-11-17)29(27,28)25(3)21-9-5-8-20(15-21)23(26)24-16-19-7-4-6-18(2)14-19/h4-15H,16H2,1-3H3,(H,24,26). The zero-order valence-corrected chi connectivity index (χ0v) is 17.5. The first kappa shape index (κ1) is 20.6. The lowest BCUT2D eigenvalue weighted by Gasteiger charge is -2.20. The molecule has 0 radical (unpaired) electrons. The van der Waals surface area contributed by atoms with Gasteiger partial charge in [0, 0.05) is 19.2 Å². The van der Waals surface area contributed by atoms with Crippen molar-refractivity contribution in [3.05, 3.63) is 95.1 Å². The summed E-state index contributed by atoms with van der Waals surface area (Å²) in [6.45, 7) is 4.31. The lowest BCUT2D eigenvalue weighted by atomic mass is 10.1. The zero-order chi connectivity index (χ0) is 21.0. The van der Waals surface area contributed by atoms with Crippen LogP contribution in [0.2, 0.25) is 0 Å². The number of nitrogens with one attached hydrogen (secondary N) is 1. The first-order valence-corrected chi connectivity index (χ1v) is 10.7. The number of nitrogens with zero attached hydrogens (tertiary/aromatic N) is 1. The van der Waals surface area contributed by atoms with Gasteiger partial charge in [0.2, 0.25) is 0 Å². The summed E-state index contributed by atoms with van der Waals surface area (Å²) in [6.07, 6.45) is 0. The zero-order valence-electron chi connectivity index (χ0n) is 16.7. The number of amides is 1. The van der Waals surface area contributed by atoms with Crippen LogP contribution >= 0.6 is 0 Å². The maximum atomic E-state index is 12.9. The molecule has 0 saturated heterocycles. The summed E-state index contributed by atoms with van der Waals surface area (Å²) in [5.74, 6) is -0.255. The fourth-order valence-corrected chi connectivity index (χ4v) is 4.14. The van der Waals surface area contributed by atoms with E-state index in [1.54, 1.807) is 48.5 Å². The number of hydrogen-bond acceptors (Lipinski definition) is 3. The van der Waals surface area contributed by atoms with Crippen molar-refractivity contribution >= 4 is 21.6 Å². The van der Waals surface area contributed by atoms with E-state index in [-0.39, 0.29) is 10.8 Å². The molecule has 0 unspecified atom stereocenters. The Morgan fingerprint density at radius 3 is 2.28 bits per heavy atom. The van der Waals surface area contributed by atoms with Crippen molar-refractivity contribution in [3.63, 3.8) is 0 Å². The molecular formula is C23H24N2O3S. The number of benzene rings is 3. The van der Waals surface area contributed by atoms with E-state index < -0.39 is 10.0 Å². The third-order valence-electron chi connectivity index (χ3n) is 4.69. The Morgan fingerprint density at radius 1 is 0.897 bits per heavy atom. The van der Waals surface area contributed by atoms with Crippen molar-refractivity contribution in [2.75, 3.05) is 11.4 Å². The van der Waals surface area contributed by atoms with Gasteiger partial charge in [0.1, 0.15) is 0 Å². The minimum atomic E-state index is -3.71. The van der Waals surface area contributed by atoms with Crippen LogP contribution in [-0.4, -0.2) is 21.4 Å². The Bertz CT molecular complexity index is 1120. The summed E-state index contributed by atoms with van der Waals surface area (Å²) in [5, 5.41) is 2.88. The summed E-state index contributed by atoms with van der Waals surface area (Å²) >= 11 is 0. The van der Waals surface area contributed by atoms with Crippen LogP contribution in [0, 0.1) is 13.8 Å². The van der Waals surface area contributed by atoms with Gasteiger partial charge in [-0.15, -0.1) is 0 Å². The highest BCUT2D eigenvalue weighted by Crippen LogP contribution is 2.23. The van der Waals surface area contributed by atoms with Crippen LogP contribution in [0.3, 0.4) is 0 Å². The minimum absolute atomic E-state index is 0.208. The normalized spacial score (nSPS) is 11.1. The number of rotatable bonds is 6. The van der Waals surface area contributed by atoms with Gasteiger partial charge in [0.05, 0.1) is 10.6 Å². The third-order valence-corrected chi connectivity index (χ3v) is 6.49. The van der Waals surface area contributed by atoms with Crippen LogP contribution in [0.4, 0.5) is 5.69 Å². The van der Waals surface area contributed by atoms with Crippen LogP contribution < -0.4 is 9.62 Å². The SMILES string of the molecule is Cc1ccc(S(=O)(=O)N(C)c2cccc(C(=O)NCc3cccc(C)c3)c2)cc1. The van der Waals surface area contributed by atoms with Gasteiger partial charge in [-0.3, -0.25) is 9.10 Å². The second-order valence-electron chi connectivity index (χ2n) is 7.01. The predicted octanol–water partition coefficient (Wildman–Crippen LogP) is 4.06. The molecule has 3 aromatic carbocycles. The second-order valence-corrected chi connectivity index (χ2v) is 8.98. The Kier molecular flexibility index (Phi) is 6.03. The van der Waals surface area contributed by atoms with Crippen molar-refractivity contribution in [1.29, 1.82) is 0 Å². The molecule has 1 N–H and O–H groups in total. The fraction of sp³-hybridized carbons (Fsp3) is 0.174. The van der Waals surface area contributed by atoms with Crippen LogP contribution in [0.25, 0.3) is 0 Å². The molecule has 3 aromatic rings. The molecule has 29 heavy (non-hydrogen) atoms. The lowest BCUT2D eigenvalue weighted by molar-refractivity contribution is 0.0951. The first-order valence-electron chi connectivity index (χ1n) is 9.27. The molecule has 0 aliphatic heterocycles. The van der Waals surface area contributed by atoms with E-state index in [1.165, 1.54) is 11.4 Å². The van der Waals surface area contributed by atoms with E-state index >= 15 is 0 Å². The van der Waals surface area contributed by atoms with E-state index in [0.717, 1.165) is 16.7 Å². The maximum Gasteiger partial charge on any atom is 0.264 e. The molecule has 0 atom stereocenters. The quantitative estimate of drug-likeness (QED) is 0.669. The van der Waals surface area contributed by atoms with E-state index in [2.05, 4.69) is 5.32 Å². The van der Waals surface area contributed by atoms with Crippen molar-refractivity contribution in [1.82, 2.24) is 5.32 Å². The van der Waals surface area contributed by atoms with Crippen molar-refractivity contribution < 1.29 is 13.2 Å². The monoisotopic (exact) mass is 408 g/mol. The molecule has 0 aliphatic carbocycles. The second kappa shape index (κ2) is 8.49. The molecule has 0 aliphatic rings. The average Bonchev–Trinajstić information content (AvgIpc) is 2.72. The van der Waals surface area contributed by atoms with Crippen LogP contribution in [0.5, 0.6) is 0 Å². The minimum Gasteiger partial charge on any atom is -0.348 e. The van der Waals surface area contributed by atoms with Gasteiger partial charge in [0.15, 0.2) is 0 Å². The van der Waals surface area contributed by atoms with Gasteiger partial charge < -0.3 is 5.32 Å². The topological polar surface area (TPSA) is 66.5 Å². The third kappa shape index (κ3) is 4.84. The average molecular weight is 409 g/mol. The Morgan fingerprint density at radius 2 is 1.59 bits per heavy atom. The van der Waals surface area contributed by atoms with Crippen LogP contribution in [-0.2, 0) is 16.6 Å². The molecule has 0 bridgehead atoms. The van der Waals surface area contributed by atoms with Crippen LogP contribution in [0.15, 0.2) is 77.7 Å². The number of carbonyl (C=O) groups excluding carboxylic acids is 1. The molecular weight excluding hydrogens is 384 g/mol. The number of anilines is 1. The van der Waals surface area contributed by atoms with Gasteiger partial charge >= 0.3 is 0 Å². The molecule has 0 heterocycles. The van der Waals surface area contributed by atoms with Gasteiger partial charge in [-0.2, -0.15) is 0 Å². The highest BCUT2D eigenvalue weighted by Gasteiger charge is 2.21. The van der Waals surface area contributed by atoms with Gasteiger partial charge in [-0.25, -0.2) is 8.42 Å². The van der Waals surface area contributed by atoms with Gasteiger partial charge in [-0.05, 0) is 49.7 Å². The Labute approximate surface area is 172 Å². The highest BCUT2D eigenvalue weighted by molar-refractivity contribution is 7.92. The maximum absolute atomic E-state index is 12.9. The largest absolute Gasteiger partial charge is 0.348 e. The smallest absolute Gasteiger partial charge is 0.264 e.